The van der Waals surface area contributed by atoms with Crippen LogP contribution in [-0.2, 0) is 20.0 Å². The molecule has 158 valence electrons. The Morgan fingerprint density at radius 3 is 1.47 bits per heavy atom. The Kier molecular flexibility index (Phi) is 6.13. The summed E-state index contributed by atoms with van der Waals surface area (Å²) in [5, 5.41) is 0. The van der Waals surface area contributed by atoms with E-state index in [1.807, 2.05) is 0 Å². The van der Waals surface area contributed by atoms with Crippen LogP contribution in [0.15, 0.2) is 76.5 Å². The quantitative estimate of drug-likeness (QED) is 0.542. The highest BCUT2D eigenvalue weighted by atomic mass is 32.2. The molecule has 11 heteroatoms. The van der Waals surface area contributed by atoms with Crippen LogP contribution in [0.3, 0.4) is 0 Å². The van der Waals surface area contributed by atoms with Gasteiger partial charge in [-0.25, -0.2) is 21.8 Å². The SMILES string of the molecule is COc1cccc(S(=O)(=O)Nc2cccc(NS(=O)(=O)c3cccc(OC)c3)n2)c1. The normalized spacial score (nSPS) is 11.5. The zero-order chi connectivity index (χ0) is 21.8. The molecule has 0 radical (unpaired) electrons. The molecule has 2 aromatic carbocycles. The van der Waals surface area contributed by atoms with Crippen molar-refractivity contribution in [2.45, 2.75) is 9.79 Å². The van der Waals surface area contributed by atoms with E-state index < -0.39 is 20.0 Å². The van der Waals surface area contributed by atoms with Crippen molar-refractivity contribution >= 4 is 31.7 Å². The van der Waals surface area contributed by atoms with E-state index in [0.717, 1.165) is 0 Å². The fraction of sp³-hybridized carbons (Fsp3) is 0.105. The molecule has 0 bridgehead atoms. The molecule has 0 saturated heterocycles. The second-order valence-electron chi connectivity index (χ2n) is 5.98. The molecule has 0 atom stereocenters. The van der Waals surface area contributed by atoms with Crippen LogP contribution in [0.2, 0.25) is 0 Å². The second kappa shape index (κ2) is 8.59. The number of sulfonamides is 2. The predicted molar refractivity (Wildman–Crippen MR) is 112 cm³/mol. The molecule has 0 unspecified atom stereocenters. The Labute approximate surface area is 174 Å². The molecule has 0 fully saturated rings. The van der Waals surface area contributed by atoms with Crippen molar-refractivity contribution in [3.63, 3.8) is 0 Å². The molecule has 0 aliphatic carbocycles. The Morgan fingerprint density at radius 1 is 0.667 bits per heavy atom. The number of pyridine rings is 1. The van der Waals surface area contributed by atoms with Crippen LogP contribution in [0.5, 0.6) is 11.5 Å². The summed E-state index contributed by atoms with van der Waals surface area (Å²) >= 11 is 0. The van der Waals surface area contributed by atoms with Crippen molar-refractivity contribution in [3.8, 4) is 11.5 Å². The van der Waals surface area contributed by atoms with E-state index in [1.165, 1.54) is 56.7 Å². The van der Waals surface area contributed by atoms with Gasteiger partial charge in [0, 0.05) is 12.1 Å². The van der Waals surface area contributed by atoms with Gasteiger partial charge in [0.1, 0.15) is 23.1 Å². The Balaban J connectivity index is 1.83. The molecule has 0 spiro atoms. The van der Waals surface area contributed by atoms with Crippen LogP contribution in [-0.4, -0.2) is 36.0 Å². The molecule has 1 heterocycles. The minimum absolute atomic E-state index is 0.0222. The van der Waals surface area contributed by atoms with Gasteiger partial charge in [0.05, 0.1) is 24.0 Å². The number of nitrogens with zero attached hydrogens (tertiary/aromatic N) is 1. The first kappa shape index (κ1) is 21.4. The number of hydrogen-bond acceptors (Lipinski definition) is 7. The van der Waals surface area contributed by atoms with Crippen LogP contribution >= 0.6 is 0 Å². The van der Waals surface area contributed by atoms with Gasteiger partial charge < -0.3 is 9.47 Å². The lowest BCUT2D eigenvalue weighted by Crippen LogP contribution is -2.16. The van der Waals surface area contributed by atoms with Crippen LogP contribution in [0.1, 0.15) is 0 Å². The lowest BCUT2D eigenvalue weighted by atomic mass is 10.3. The van der Waals surface area contributed by atoms with Gasteiger partial charge >= 0.3 is 0 Å². The van der Waals surface area contributed by atoms with Gasteiger partial charge in [0.25, 0.3) is 20.0 Å². The fourth-order valence-electron chi connectivity index (χ4n) is 2.48. The van der Waals surface area contributed by atoms with Crippen molar-refractivity contribution in [2.75, 3.05) is 23.7 Å². The lowest BCUT2D eigenvalue weighted by Gasteiger charge is -2.11. The summed E-state index contributed by atoms with van der Waals surface area (Å²) in [5.41, 5.74) is 0. The predicted octanol–water partition coefficient (Wildman–Crippen LogP) is 2.70. The summed E-state index contributed by atoms with van der Waals surface area (Å²) in [7, 11) is -5.05. The van der Waals surface area contributed by atoms with Gasteiger partial charge in [-0.05, 0) is 36.4 Å². The van der Waals surface area contributed by atoms with Crippen molar-refractivity contribution < 1.29 is 26.3 Å². The summed E-state index contributed by atoms with van der Waals surface area (Å²) in [4.78, 5) is 3.99. The highest BCUT2D eigenvalue weighted by Gasteiger charge is 2.18. The third-order valence-electron chi connectivity index (χ3n) is 3.93. The van der Waals surface area contributed by atoms with E-state index in [2.05, 4.69) is 14.4 Å². The number of hydrogen-bond donors (Lipinski definition) is 2. The van der Waals surface area contributed by atoms with Crippen LogP contribution < -0.4 is 18.9 Å². The van der Waals surface area contributed by atoms with E-state index in [4.69, 9.17) is 9.47 Å². The number of nitrogens with one attached hydrogen (secondary N) is 2. The molecule has 0 aliphatic heterocycles. The highest BCUT2D eigenvalue weighted by Crippen LogP contribution is 2.22. The molecule has 0 amide bonds. The highest BCUT2D eigenvalue weighted by molar-refractivity contribution is 7.93. The molecule has 0 aliphatic rings. The third-order valence-corrected chi connectivity index (χ3v) is 6.63. The number of anilines is 2. The molecule has 2 N–H and O–H groups in total. The first-order valence-electron chi connectivity index (χ1n) is 8.54. The van der Waals surface area contributed by atoms with Gasteiger partial charge in [-0.15, -0.1) is 0 Å². The minimum atomic E-state index is -3.95. The topological polar surface area (TPSA) is 124 Å². The average Bonchev–Trinajstić information content (AvgIpc) is 2.73. The molecular formula is C19H19N3O6S2. The number of benzene rings is 2. The largest absolute Gasteiger partial charge is 0.497 e. The average molecular weight is 450 g/mol. The van der Waals surface area contributed by atoms with Gasteiger partial charge in [-0.3, -0.25) is 9.44 Å². The number of aromatic nitrogens is 1. The number of rotatable bonds is 8. The van der Waals surface area contributed by atoms with Crippen LogP contribution in [0.25, 0.3) is 0 Å². The summed E-state index contributed by atoms with van der Waals surface area (Å²) in [5.74, 6) is 0.656. The van der Waals surface area contributed by atoms with Crippen molar-refractivity contribution in [1.29, 1.82) is 0 Å². The first-order chi connectivity index (χ1) is 14.2. The van der Waals surface area contributed by atoms with Crippen LogP contribution in [0, 0.1) is 0 Å². The second-order valence-corrected chi connectivity index (χ2v) is 9.34. The first-order valence-corrected chi connectivity index (χ1v) is 11.5. The van der Waals surface area contributed by atoms with E-state index in [9.17, 15) is 16.8 Å². The molecule has 1 aromatic heterocycles. The summed E-state index contributed by atoms with van der Waals surface area (Å²) in [6.45, 7) is 0. The fourth-order valence-corrected chi connectivity index (χ4v) is 4.55. The lowest BCUT2D eigenvalue weighted by molar-refractivity contribution is 0.413. The molecule has 0 saturated carbocycles. The zero-order valence-corrected chi connectivity index (χ0v) is 17.7. The van der Waals surface area contributed by atoms with Crippen molar-refractivity contribution in [2.24, 2.45) is 0 Å². The van der Waals surface area contributed by atoms with Crippen molar-refractivity contribution in [3.05, 3.63) is 66.7 Å². The van der Waals surface area contributed by atoms with E-state index in [0.29, 0.717) is 11.5 Å². The van der Waals surface area contributed by atoms with Crippen LogP contribution in [0.4, 0.5) is 11.6 Å². The standard InChI is InChI=1S/C19H19N3O6S2/c1-27-14-6-3-8-16(12-14)29(23,24)21-18-10-5-11-19(20-18)22-30(25,26)17-9-4-7-15(13-17)28-2/h3-13H,1-2H3,(H2,20,21,22). The van der Waals surface area contributed by atoms with E-state index >= 15 is 0 Å². The maximum Gasteiger partial charge on any atom is 0.263 e. The molecular weight excluding hydrogens is 430 g/mol. The number of methoxy groups -OCH3 is 2. The smallest absolute Gasteiger partial charge is 0.263 e. The van der Waals surface area contributed by atoms with E-state index in [1.54, 1.807) is 24.3 Å². The monoisotopic (exact) mass is 449 g/mol. The third kappa shape index (κ3) is 4.99. The summed E-state index contributed by atoms with van der Waals surface area (Å²) in [6.07, 6.45) is 0. The Morgan fingerprint density at radius 2 is 1.07 bits per heavy atom. The summed E-state index contributed by atoms with van der Waals surface area (Å²) < 4.78 is 65.1. The molecule has 3 aromatic rings. The zero-order valence-electron chi connectivity index (χ0n) is 16.1. The number of ether oxygens (including phenoxy) is 2. The van der Waals surface area contributed by atoms with Gasteiger partial charge in [0.2, 0.25) is 0 Å². The molecule has 9 nitrogen and oxygen atoms in total. The Bertz CT molecular complexity index is 1170. The van der Waals surface area contributed by atoms with Gasteiger partial charge in [-0.2, -0.15) is 0 Å². The van der Waals surface area contributed by atoms with Crippen molar-refractivity contribution in [1.82, 2.24) is 4.98 Å². The van der Waals surface area contributed by atoms with Gasteiger partial charge in [-0.1, -0.05) is 18.2 Å². The van der Waals surface area contributed by atoms with E-state index in [-0.39, 0.29) is 21.4 Å². The maximum absolute atomic E-state index is 12.6. The Hall–Kier alpha value is -3.31. The maximum atomic E-state index is 12.6. The summed E-state index contributed by atoms with van der Waals surface area (Å²) in [6, 6.07) is 16.1. The minimum Gasteiger partial charge on any atom is -0.497 e. The van der Waals surface area contributed by atoms with Gasteiger partial charge in [0.15, 0.2) is 0 Å². The molecule has 3 rings (SSSR count). The molecule has 30 heavy (non-hydrogen) atoms.